The van der Waals surface area contributed by atoms with Crippen LogP contribution in [0.2, 0.25) is 0 Å². The fraction of sp³-hybridized carbons (Fsp3) is 1.00. The number of rotatable bonds is 2. The SMILES string of the molecule is CC1CCC(N)(CC2CCC(C)(C)O2)CC1. The maximum Gasteiger partial charge on any atom is 0.0631 e. The standard InChI is InChI=1S/C14H27NO/c1-11-4-8-14(15,9-5-11)10-12-6-7-13(2,3)16-12/h11-12H,4-10,15H2,1-3H3. The van der Waals surface area contributed by atoms with E-state index in [1.165, 1.54) is 38.5 Å². The zero-order chi connectivity index (χ0) is 11.8. The highest BCUT2D eigenvalue weighted by Gasteiger charge is 2.38. The van der Waals surface area contributed by atoms with Gasteiger partial charge in [0.05, 0.1) is 11.7 Å². The summed E-state index contributed by atoms with van der Waals surface area (Å²) in [4.78, 5) is 0. The van der Waals surface area contributed by atoms with Crippen LogP contribution in [-0.4, -0.2) is 17.2 Å². The van der Waals surface area contributed by atoms with Crippen LogP contribution in [0.25, 0.3) is 0 Å². The van der Waals surface area contributed by atoms with E-state index in [0.717, 1.165) is 12.3 Å². The molecule has 0 aromatic heterocycles. The van der Waals surface area contributed by atoms with E-state index in [1.54, 1.807) is 0 Å². The molecule has 1 saturated carbocycles. The van der Waals surface area contributed by atoms with Crippen LogP contribution < -0.4 is 5.73 Å². The maximum atomic E-state index is 6.51. The van der Waals surface area contributed by atoms with Crippen molar-refractivity contribution in [1.82, 2.24) is 0 Å². The van der Waals surface area contributed by atoms with Gasteiger partial charge in [0.2, 0.25) is 0 Å². The predicted octanol–water partition coefficient (Wildman–Crippen LogP) is 3.24. The quantitative estimate of drug-likeness (QED) is 0.783. The molecule has 94 valence electrons. The van der Waals surface area contributed by atoms with Gasteiger partial charge in [0.25, 0.3) is 0 Å². The van der Waals surface area contributed by atoms with E-state index in [2.05, 4.69) is 20.8 Å². The Kier molecular flexibility index (Phi) is 3.33. The summed E-state index contributed by atoms with van der Waals surface area (Å²) in [6, 6.07) is 0. The highest BCUT2D eigenvalue weighted by Crippen LogP contribution is 2.38. The molecule has 1 saturated heterocycles. The number of hydrogen-bond donors (Lipinski definition) is 1. The molecule has 1 aliphatic carbocycles. The van der Waals surface area contributed by atoms with Crippen molar-refractivity contribution >= 4 is 0 Å². The first-order valence-electron chi connectivity index (χ1n) is 6.85. The molecule has 16 heavy (non-hydrogen) atoms. The minimum absolute atomic E-state index is 0.0671. The molecule has 1 heterocycles. The molecule has 2 N–H and O–H groups in total. The van der Waals surface area contributed by atoms with E-state index >= 15 is 0 Å². The smallest absolute Gasteiger partial charge is 0.0631 e. The molecule has 2 rings (SSSR count). The van der Waals surface area contributed by atoms with Gasteiger partial charge in [-0.3, -0.25) is 0 Å². The van der Waals surface area contributed by atoms with Crippen molar-refractivity contribution < 1.29 is 4.74 Å². The van der Waals surface area contributed by atoms with Crippen LogP contribution in [0.1, 0.15) is 65.7 Å². The topological polar surface area (TPSA) is 35.2 Å². The summed E-state index contributed by atoms with van der Waals surface area (Å²) in [5, 5.41) is 0. The highest BCUT2D eigenvalue weighted by molar-refractivity contribution is 4.94. The van der Waals surface area contributed by atoms with E-state index in [0.29, 0.717) is 6.10 Å². The predicted molar refractivity (Wildman–Crippen MR) is 67.4 cm³/mol. The van der Waals surface area contributed by atoms with E-state index in [9.17, 15) is 0 Å². The average molecular weight is 225 g/mol. The normalized spacial score (nSPS) is 43.5. The van der Waals surface area contributed by atoms with Gasteiger partial charge < -0.3 is 10.5 Å². The molecular weight excluding hydrogens is 198 g/mol. The second kappa shape index (κ2) is 4.30. The third-order valence-electron chi connectivity index (χ3n) is 4.46. The molecule has 0 spiro atoms. The molecule has 0 amide bonds. The van der Waals surface area contributed by atoms with Gasteiger partial charge in [0.1, 0.15) is 0 Å². The third kappa shape index (κ3) is 2.98. The van der Waals surface area contributed by atoms with Crippen molar-refractivity contribution in [2.45, 2.75) is 83.0 Å². The largest absolute Gasteiger partial charge is 0.372 e. The Morgan fingerprint density at radius 3 is 2.25 bits per heavy atom. The Hall–Kier alpha value is -0.0800. The first-order chi connectivity index (χ1) is 7.39. The minimum Gasteiger partial charge on any atom is -0.372 e. The third-order valence-corrected chi connectivity index (χ3v) is 4.46. The number of hydrogen-bond acceptors (Lipinski definition) is 2. The molecule has 2 heteroatoms. The van der Waals surface area contributed by atoms with Crippen LogP contribution >= 0.6 is 0 Å². The number of nitrogens with two attached hydrogens (primary N) is 1. The first-order valence-corrected chi connectivity index (χ1v) is 6.85. The Morgan fingerprint density at radius 1 is 1.12 bits per heavy atom. The Labute approximate surface area is 99.9 Å². The van der Waals surface area contributed by atoms with Crippen molar-refractivity contribution in [3.63, 3.8) is 0 Å². The van der Waals surface area contributed by atoms with Crippen LogP contribution in [0.15, 0.2) is 0 Å². The van der Waals surface area contributed by atoms with Gasteiger partial charge in [-0.05, 0) is 64.7 Å². The van der Waals surface area contributed by atoms with Crippen molar-refractivity contribution in [2.24, 2.45) is 11.7 Å². The van der Waals surface area contributed by atoms with Gasteiger partial charge in [0.15, 0.2) is 0 Å². The molecule has 2 nitrogen and oxygen atoms in total. The van der Waals surface area contributed by atoms with Gasteiger partial charge in [-0.15, -0.1) is 0 Å². The van der Waals surface area contributed by atoms with Crippen molar-refractivity contribution in [2.75, 3.05) is 0 Å². The molecule has 1 aliphatic heterocycles. The Bertz CT molecular complexity index is 241. The lowest BCUT2D eigenvalue weighted by Gasteiger charge is -2.38. The van der Waals surface area contributed by atoms with Gasteiger partial charge >= 0.3 is 0 Å². The summed E-state index contributed by atoms with van der Waals surface area (Å²) in [7, 11) is 0. The summed E-state index contributed by atoms with van der Waals surface area (Å²) < 4.78 is 6.06. The molecule has 0 radical (unpaired) electrons. The molecule has 0 bridgehead atoms. The zero-order valence-electron chi connectivity index (χ0n) is 11.1. The van der Waals surface area contributed by atoms with Gasteiger partial charge in [-0.1, -0.05) is 6.92 Å². The minimum atomic E-state index is 0.0671. The second-order valence-electron chi connectivity index (χ2n) is 6.79. The van der Waals surface area contributed by atoms with E-state index < -0.39 is 0 Å². The molecular formula is C14H27NO. The number of ether oxygens (including phenoxy) is 1. The van der Waals surface area contributed by atoms with Crippen molar-refractivity contribution in [1.29, 1.82) is 0 Å². The molecule has 2 aliphatic rings. The molecule has 0 aromatic rings. The van der Waals surface area contributed by atoms with E-state index in [4.69, 9.17) is 10.5 Å². The Morgan fingerprint density at radius 2 is 1.75 bits per heavy atom. The zero-order valence-corrected chi connectivity index (χ0v) is 11.1. The molecule has 2 fully saturated rings. The maximum absolute atomic E-state index is 6.51. The fourth-order valence-electron chi connectivity index (χ4n) is 3.22. The van der Waals surface area contributed by atoms with Crippen LogP contribution in [0.5, 0.6) is 0 Å². The fourth-order valence-corrected chi connectivity index (χ4v) is 3.22. The summed E-state index contributed by atoms with van der Waals surface area (Å²) in [6.45, 7) is 6.73. The summed E-state index contributed by atoms with van der Waals surface area (Å²) in [6.07, 6.45) is 8.84. The van der Waals surface area contributed by atoms with Crippen LogP contribution in [0.3, 0.4) is 0 Å². The van der Waals surface area contributed by atoms with Crippen LogP contribution in [0, 0.1) is 5.92 Å². The first kappa shape index (κ1) is 12.4. The van der Waals surface area contributed by atoms with Gasteiger partial charge in [-0.25, -0.2) is 0 Å². The molecule has 1 unspecified atom stereocenters. The second-order valence-corrected chi connectivity index (χ2v) is 6.79. The highest BCUT2D eigenvalue weighted by atomic mass is 16.5. The van der Waals surface area contributed by atoms with Crippen molar-refractivity contribution in [3.05, 3.63) is 0 Å². The average Bonchev–Trinajstić information content (AvgIpc) is 2.51. The molecule has 1 atom stereocenters. The van der Waals surface area contributed by atoms with E-state index in [1.807, 2.05) is 0 Å². The lowest BCUT2D eigenvalue weighted by molar-refractivity contribution is -0.0303. The monoisotopic (exact) mass is 225 g/mol. The summed E-state index contributed by atoms with van der Waals surface area (Å²) in [5.41, 5.74) is 6.66. The Balaban J connectivity index is 1.85. The summed E-state index contributed by atoms with van der Waals surface area (Å²) in [5.74, 6) is 0.873. The van der Waals surface area contributed by atoms with Gasteiger partial charge in [-0.2, -0.15) is 0 Å². The van der Waals surface area contributed by atoms with Crippen LogP contribution in [-0.2, 0) is 4.74 Å². The van der Waals surface area contributed by atoms with Crippen molar-refractivity contribution in [3.8, 4) is 0 Å². The summed E-state index contributed by atoms with van der Waals surface area (Å²) >= 11 is 0. The lowest BCUT2D eigenvalue weighted by Crippen LogP contribution is -2.45. The van der Waals surface area contributed by atoms with E-state index in [-0.39, 0.29) is 11.1 Å². The van der Waals surface area contributed by atoms with Gasteiger partial charge in [0, 0.05) is 5.54 Å². The van der Waals surface area contributed by atoms with Crippen LogP contribution in [0.4, 0.5) is 0 Å². The lowest BCUT2D eigenvalue weighted by atomic mass is 9.75. The molecule has 0 aromatic carbocycles.